The molecule has 0 aliphatic rings. The summed E-state index contributed by atoms with van der Waals surface area (Å²) in [6.45, 7) is 1.13. The van der Waals surface area contributed by atoms with Crippen LogP contribution >= 0.6 is 15.9 Å². The van der Waals surface area contributed by atoms with Crippen LogP contribution in [0.15, 0.2) is 53.0 Å². The van der Waals surface area contributed by atoms with Crippen molar-refractivity contribution in [2.75, 3.05) is 18.5 Å². The van der Waals surface area contributed by atoms with Crippen LogP contribution in [0.4, 0.5) is 10.1 Å². The van der Waals surface area contributed by atoms with Crippen LogP contribution in [0.3, 0.4) is 0 Å². The number of benzene rings is 2. The van der Waals surface area contributed by atoms with Gasteiger partial charge in [0.05, 0.1) is 5.69 Å². The van der Waals surface area contributed by atoms with Crippen LogP contribution in [0.5, 0.6) is 5.75 Å². The number of para-hydroxylation sites is 1. The van der Waals surface area contributed by atoms with E-state index in [-0.39, 0.29) is 5.82 Å². The first kappa shape index (κ1) is 12.9. The highest BCUT2D eigenvalue weighted by molar-refractivity contribution is 9.10. The minimum atomic E-state index is -0.260. The lowest BCUT2D eigenvalue weighted by Gasteiger charge is -2.10. The van der Waals surface area contributed by atoms with Gasteiger partial charge in [-0.05, 0) is 46.3 Å². The van der Waals surface area contributed by atoms with E-state index >= 15 is 0 Å². The van der Waals surface area contributed by atoms with Crippen molar-refractivity contribution in [2.24, 2.45) is 0 Å². The van der Waals surface area contributed by atoms with Gasteiger partial charge in [-0.25, -0.2) is 4.39 Å². The third kappa shape index (κ3) is 3.74. The van der Waals surface area contributed by atoms with Crippen molar-refractivity contribution in [3.05, 3.63) is 58.8 Å². The quantitative estimate of drug-likeness (QED) is 0.840. The molecule has 1 N–H and O–H groups in total. The lowest BCUT2D eigenvalue weighted by Crippen LogP contribution is -2.11. The second kappa shape index (κ2) is 6.40. The van der Waals surface area contributed by atoms with Gasteiger partial charge in [-0.3, -0.25) is 0 Å². The van der Waals surface area contributed by atoms with Gasteiger partial charge in [0.1, 0.15) is 18.2 Å². The summed E-state index contributed by atoms with van der Waals surface area (Å²) in [7, 11) is 0. The second-order valence-electron chi connectivity index (χ2n) is 3.71. The second-order valence-corrected chi connectivity index (χ2v) is 4.57. The van der Waals surface area contributed by atoms with Gasteiger partial charge in [-0.15, -0.1) is 0 Å². The smallest absolute Gasteiger partial charge is 0.125 e. The molecule has 0 saturated carbocycles. The van der Waals surface area contributed by atoms with Crippen LogP contribution in [0, 0.1) is 5.82 Å². The maximum Gasteiger partial charge on any atom is 0.125 e. The van der Waals surface area contributed by atoms with E-state index in [1.807, 2.05) is 30.3 Å². The molecule has 0 atom stereocenters. The monoisotopic (exact) mass is 309 g/mol. The van der Waals surface area contributed by atoms with Crippen LogP contribution in [-0.2, 0) is 0 Å². The zero-order valence-electron chi connectivity index (χ0n) is 9.70. The van der Waals surface area contributed by atoms with Crippen LogP contribution < -0.4 is 10.1 Å². The number of halogens is 2. The molecule has 0 aromatic heterocycles. The van der Waals surface area contributed by atoms with Crippen LogP contribution in [0.1, 0.15) is 0 Å². The van der Waals surface area contributed by atoms with Gasteiger partial charge in [0.15, 0.2) is 0 Å². The zero-order chi connectivity index (χ0) is 12.8. The minimum absolute atomic E-state index is 0.260. The Labute approximate surface area is 114 Å². The summed E-state index contributed by atoms with van der Waals surface area (Å²) >= 11 is 3.36. The fraction of sp³-hybridized carbons (Fsp3) is 0.143. The molecule has 18 heavy (non-hydrogen) atoms. The van der Waals surface area contributed by atoms with Gasteiger partial charge >= 0.3 is 0 Å². The first-order chi connectivity index (χ1) is 8.75. The first-order valence-electron chi connectivity index (χ1n) is 5.62. The van der Waals surface area contributed by atoms with E-state index in [0.717, 1.165) is 15.9 Å². The number of ether oxygens (including phenoxy) is 1. The molecule has 4 heteroatoms. The van der Waals surface area contributed by atoms with Gasteiger partial charge in [0.2, 0.25) is 0 Å². The van der Waals surface area contributed by atoms with Crippen LogP contribution in [-0.4, -0.2) is 13.2 Å². The summed E-state index contributed by atoms with van der Waals surface area (Å²) in [4.78, 5) is 0. The van der Waals surface area contributed by atoms with Crippen molar-refractivity contribution < 1.29 is 9.13 Å². The minimum Gasteiger partial charge on any atom is -0.492 e. The molecule has 0 heterocycles. The highest BCUT2D eigenvalue weighted by Crippen LogP contribution is 2.22. The summed E-state index contributed by atoms with van der Waals surface area (Å²) in [5.41, 5.74) is 0.728. The van der Waals surface area contributed by atoms with Crippen molar-refractivity contribution in [1.82, 2.24) is 0 Å². The number of rotatable bonds is 5. The molecule has 2 rings (SSSR count). The van der Waals surface area contributed by atoms with E-state index in [1.165, 1.54) is 12.1 Å². The molecule has 0 radical (unpaired) electrons. The molecular formula is C14H13BrFNO. The highest BCUT2D eigenvalue weighted by atomic mass is 79.9. The Kier molecular flexibility index (Phi) is 4.59. The highest BCUT2D eigenvalue weighted by Gasteiger charge is 2.00. The average molecular weight is 310 g/mol. The molecule has 0 bridgehead atoms. The summed E-state index contributed by atoms with van der Waals surface area (Å²) in [6, 6.07) is 14.1. The SMILES string of the molecule is Fc1ccc(Br)c(NCCOc2ccccc2)c1. The molecular weight excluding hydrogens is 297 g/mol. The molecule has 0 spiro atoms. The normalized spacial score (nSPS) is 10.1. The van der Waals surface area contributed by atoms with Gasteiger partial charge in [0.25, 0.3) is 0 Å². The van der Waals surface area contributed by atoms with E-state index in [2.05, 4.69) is 21.2 Å². The van der Waals surface area contributed by atoms with E-state index in [0.29, 0.717) is 13.2 Å². The van der Waals surface area contributed by atoms with Crippen LogP contribution in [0.2, 0.25) is 0 Å². The fourth-order valence-electron chi connectivity index (χ4n) is 1.50. The molecule has 0 fully saturated rings. The molecule has 2 nitrogen and oxygen atoms in total. The van der Waals surface area contributed by atoms with Crippen molar-refractivity contribution in [3.63, 3.8) is 0 Å². The zero-order valence-corrected chi connectivity index (χ0v) is 11.3. The summed E-state index contributed by atoms with van der Waals surface area (Å²) in [5.74, 6) is 0.572. The Bertz CT molecular complexity index is 504. The summed E-state index contributed by atoms with van der Waals surface area (Å²) < 4.78 is 19.4. The molecule has 0 aliphatic carbocycles. The number of anilines is 1. The average Bonchev–Trinajstić information content (AvgIpc) is 2.40. The van der Waals surface area contributed by atoms with Crippen molar-refractivity contribution >= 4 is 21.6 Å². The van der Waals surface area contributed by atoms with E-state index in [9.17, 15) is 4.39 Å². The van der Waals surface area contributed by atoms with E-state index in [4.69, 9.17) is 4.74 Å². The maximum absolute atomic E-state index is 13.0. The predicted octanol–water partition coefficient (Wildman–Crippen LogP) is 4.08. The lowest BCUT2D eigenvalue weighted by molar-refractivity contribution is 0.333. The van der Waals surface area contributed by atoms with Gasteiger partial charge in [0, 0.05) is 11.0 Å². The van der Waals surface area contributed by atoms with Crippen LogP contribution in [0.25, 0.3) is 0 Å². The maximum atomic E-state index is 13.0. The third-order valence-electron chi connectivity index (χ3n) is 2.36. The molecule has 0 aliphatic heterocycles. The van der Waals surface area contributed by atoms with Gasteiger partial charge in [-0.2, -0.15) is 0 Å². The van der Waals surface area contributed by atoms with E-state index in [1.54, 1.807) is 6.07 Å². The number of hydrogen-bond acceptors (Lipinski definition) is 2. The molecule has 0 amide bonds. The molecule has 94 valence electrons. The standard InChI is InChI=1S/C14H13BrFNO/c15-13-7-6-11(16)10-14(13)17-8-9-18-12-4-2-1-3-5-12/h1-7,10,17H,8-9H2. The molecule has 2 aromatic rings. The van der Waals surface area contributed by atoms with Crippen molar-refractivity contribution in [2.45, 2.75) is 0 Å². The van der Waals surface area contributed by atoms with Crippen molar-refractivity contribution in [1.29, 1.82) is 0 Å². The number of nitrogens with one attached hydrogen (secondary N) is 1. The molecule has 0 saturated heterocycles. The Hall–Kier alpha value is -1.55. The largest absolute Gasteiger partial charge is 0.492 e. The number of hydrogen-bond donors (Lipinski definition) is 1. The van der Waals surface area contributed by atoms with Gasteiger partial charge in [-0.1, -0.05) is 18.2 Å². The summed E-state index contributed by atoms with van der Waals surface area (Å²) in [6.07, 6.45) is 0. The Morgan fingerprint density at radius 2 is 1.89 bits per heavy atom. The van der Waals surface area contributed by atoms with E-state index < -0.39 is 0 Å². The Morgan fingerprint density at radius 1 is 1.11 bits per heavy atom. The molecule has 2 aromatic carbocycles. The lowest BCUT2D eigenvalue weighted by atomic mass is 10.3. The fourth-order valence-corrected chi connectivity index (χ4v) is 1.89. The predicted molar refractivity (Wildman–Crippen MR) is 74.5 cm³/mol. The Balaban J connectivity index is 1.80. The summed E-state index contributed by atoms with van der Waals surface area (Å²) in [5, 5.41) is 3.11. The van der Waals surface area contributed by atoms with Gasteiger partial charge < -0.3 is 10.1 Å². The van der Waals surface area contributed by atoms with Crippen molar-refractivity contribution in [3.8, 4) is 5.75 Å². The molecule has 0 unspecified atom stereocenters. The third-order valence-corrected chi connectivity index (χ3v) is 3.05. The topological polar surface area (TPSA) is 21.3 Å². The Morgan fingerprint density at radius 3 is 2.67 bits per heavy atom. The first-order valence-corrected chi connectivity index (χ1v) is 6.42.